The summed E-state index contributed by atoms with van der Waals surface area (Å²) in [4.78, 5) is 11.7. The van der Waals surface area contributed by atoms with Crippen LogP contribution in [0.3, 0.4) is 0 Å². The Morgan fingerprint density at radius 3 is 2.63 bits per heavy atom. The molecule has 0 saturated carbocycles. The molecule has 1 aromatic heterocycles. The van der Waals surface area contributed by atoms with E-state index in [1.807, 2.05) is 0 Å². The van der Waals surface area contributed by atoms with Crippen molar-refractivity contribution in [3.05, 3.63) is 30.0 Å². The van der Waals surface area contributed by atoms with Gasteiger partial charge in [0.15, 0.2) is 0 Å². The summed E-state index contributed by atoms with van der Waals surface area (Å²) in [6.07, 6.45) is 0.893. The number of benzene rings is 1. The zero-order valence-corrected chi connectivity index (χ0v) is 11.2. The molecule has 0 unspecified atom stereocenters. The van der Waals surface area contributed by atoms with Crippen LogP contribution >= 0.6 is 0 Å². The van der Waals surface area contributed by atoms with E-state index in [4.69, 9.17) is 13.3 Å². The number of esters is 1. The Labute approximate surface area is 110 Å². The summed E-state index contributed by atoms with van der Waals surface area (Å²) in [6.45, 7) is 1.78. The Morgan fingerprint density at radius 2 is 2.00 bits per heavy atom. The zero-order valence-electron chi connectivity index (χ0n) is 10.4. The molecule has 0 N–H and O–H groups in total. The topological polar surface area (TPSA) is 82.8 Å². The van der Waals surface area contributed by atoms with E-state index >= 15 is 0 Å². The lowest BCUT2D eigenvalue weighted by Crippen LogP contribution is -2.10. The van der Waals surface area contributed by atoms with Crippen molar-refractivity contribution < 1.29 is 26.5 Å². The van der Waals surface area contributed by atoms with Crippen LogP contribution in [0.25, 0.3) is 11.0 Å². The molecule has 1 aromatic carbocycles. The fraction of sp³-hybridized carbons (Fsp3) is 0.250. The van der Waals surface area contributed by atoms with Crippen molar-refractivity contribution in [2.45, 2.75) is 6.92 Å². The molecule has 102 valence electrons. The molecule has 0 fully saturated rings. The maximum atomic E-state index is 11.7. The van der Waals surface area contributed by atoms with Crippen LogP contribution in [0.2, 0.25) is 0 Å². The van der Waals surface area contributed by atoms with Crippen LogP contribution in [0.1, 0.15) is 17.5 Å². The number of furan rings is 1. The molecule has 1 heterocycles. The van der Waals surface area contributed by atoms with Gasteiger partial charge in [-0.15, -0.1) is 0 Å². The highest BCUT2D eigenvalue weighted by Crippen LogP contribution is 2.34. The van der Waals surface area contributed by atoms with E-state index in [-0.39, 0.29) is 18.1 Å². The molecule has 0 aliphatic carbocycles. The number of fused-ring (bicyclic) bond motifs is 1. The van der Waals surface area contributed by atoms with Crippen LogP contribution in [-0.2, 0) is 14.9 Å². The highest BCUT2D eigenvalue weighted by Gasteiger charge is 2.25. The number of rotatable bonds is 4. The van der Waals surface area contributed by atoms with Gasteiger partial charge < -0.3 is 13.3 Å². The van der Waals surface area contributed by atoms with Gasteiger partial charge in [0.25, 0.3) is 5.76 Å². The van der Waals surface area contributed by atoms with Crippen molar-refractivity contribution in [2.75, 3.05) is 12.9 Å². The Hall–Kier alpha value is -2.02. The van der Waals surface area contributed by atoms with Crippen LogP contribution in [-0.4, -0.2) is 27.2 Å². The predicted octanol–water partition coefficient (Wildman–Crippen LogP) is 1.95. The minimum atomic E-state index is -3.78. The number of carbonyl (C=O) groups is 1. The maximum absolute atomic E-state index is 11.7. The Bertz CT molecular complexity index is 713. The molecular formula is C12H12O6S. The molecule has 2 rings (SSSR count). The van der Waals surface area contributed by atoms with Crippen LogP contribution in [0.4, 0.5) is 0 Å². The summed E-state index contributed by atoms with van der Waals surface area (Å²) in [7, 11) is -3.78. The molecular weight excluding hydrogens is 272 g/mol. The molecule has 2 aromatic rings. The number of para-hydroxylation sites is 1. The molecule has 6 nitrogen and oxygen atoms in total. The molecule has 0 atom stereocenters. The van der Waals surface area contributed by atoms with E-state index in [0.717, 1.165) is 6.26 Å². The number of ether oxygens (including phenoxy) is 1. The third-order valence-electron chi connectivity index (χ3n) is 2.25. The standard InChI is InChI=1S/C12H12O6S/c1-3-16-12(13)11-10(18-19(2,14)15)8-6-4-5-7-9(8)17-11/h4-7H,3H2,1-2H3. The molecule has 0 saturated heterocycles. The first-order valence-electron chi connectivity index (χ1n) is 5.50. The summed E-state index contributed by atoms with van der Waals surface area (Å²) >= 11 is 0. The zero-order chi connectivity index (χ0) is 14.0. The van der Waals surface area contributed by atoms with E-state index in [9.17, 15) is 13.2 Å². The lowest BCUT2D eigenvalue weighted by atomic mass is 10.2. The lowest BCUT2D eigenvalue weighted by molar-refractivity contribution is 0.0490. The van der Waals surface area contributed by atoms with Crippen molar-refractivity contribution in [3.8, 4) is 5.75 Å². The van der Waals surface area contributed by atoms with Crippen molar-refractivity contribution in [3.63, 3.8) is 0 Å². The quantitative estimate of drug-likeness (QED) is 0.630. The van der Waals surface area contributed by atoms with E-state index < -0.39 is 16.1 Å². The van der Waals surface area contributed by atoms with Crippen LogP contribution in [0, 0.1) is 0 Å². The second kappa shape index (κ2) is 4.93. The summed E-state index contributed by atoms with van der Waals surface area (Å²) in [5, 5.41) is 0.399. The number of carbonyl (C=O) groups excluding carboxylic acids is 1. The van der Waals surface area contributed by atoms with Gasteiger partial charge in [0.1, 0.15) is 5.58 Å². The SMILES string of the molecule is CCOC(=O)c1oc2ccccc2c1OS(C)(=O)=O. The second-order valence-electron chi connectivity index (χ2n) is 3.76. The van der Waals surface area contributed by atoms with Gasteiger partial charge in [-0.1, -0.05) is 12.1 Å². The smallest absolute Gasteiger partial charge is 0.378 e. The third kappa shape index (κ3) is 2.87. The summed E-state index contributed by atoms with van der Waals surface area (Å²) in [6, 6.07) is 6.59. The van der Waals surface area contributed by atoms with Gasteiger partial charge in [-0.3, -0.25) is 0 Å². The normalized spacial score (nSPS) is 11.5. The average molecular weight is 284 g/mol. The first kappa shape index (κ1) is 13.4. The lowest BCUT2D eigenvalue weighted by Gasteiger charge is -2.03. The molecule has 0 bridgehead atoms. The molecule has 0 radical (unpaired) electrons. The van der Waals surface area contributed by atoms with Gasteiger partial charge in [0.05, 0.1) is 18.2 Å². The van der Waals surface area contributed by atoms with Crippen LogP contribution in [0.15, 0.2) is 28.7 Å². The van der Waals surface area contributed by atoms with Crippen molar-refractivity contribution in [2.24, 2.45) is 0 Å². The summed E-state index contributed by atoms with van der Waals surface area (Å²) < 4.78 is 37.4. The van der Waals surface area contributed by atoms with E-state index in [1.54, 1.807) is 31.2 Å². The minimum Gasteiger partial charge on any atom is -0.460 e. The van der Waals surface area contributed by atoms with Gasteiger partial charge in [0, 0.05) is 0 Å². The molecule has 0 aliphatic heterocycles. The highest BCUT2D eigenvalue weighted by atomic mass is 32.2. The second-order valence-corrected chi connectivity index (χ2v) is 5.34. The average Bonchev–Trinajstić information content (AvgIpc) is 2.67. The maximum Gasteiger partial charge on any atom is 0.378 e. The highest BCUT2D eigenvalue weighted by molar-refractivity contribution is 7.86. The minimum absolute atomic E-state index is 0.142. The van der Waals surface area contributed by atoms with Gasteiger partial charge in [-0.25, -0.2) is 4.79 Å². The number of hydrogen-bond donors (Lipinski definition) is 0. The van der Waals surface area contributed by atoms with E-state index in [0.29, 0.717) is 11.0 Å². The fourth-order valence-corrected chi connectivity index (χ4v) is 2.06. The van der Waals surface area contributed by atoms with Crippen molar-refractivity contribution in [1.29, 1.82) is 0 Å². The van der Waals surface area contributed by atoms with E-state index in [2.05, 4.69) is 0 Å². The van der Waals surface area contributed by atoms with Crippen molar-refractivity contribution in [1.82, 2.24) is 0 Å². The third-order valence-corrected chi connectivity index (χ3v) is 2.71. The molecule has 19 heavy (non-hydrogen) atoms. The van der Waals surface area contributed by atoms with Gasteiger partial charge in [0.2, 0.25) is 5.75 Å². The van der Waals surface area contributed by atoms with Crippen molar-refractivity contribution >= 4 is 27.1 Å². The first-order chi connectivity index (χ1) is 8.92. The van der Waals surface area contributed by atoms with E-state index in [1.165, 1.54) is 0 Å². The van der Waals surface area contributed by atoms with Gasteiger partial charge in [-0.05, 0) is 19.1 Å². The fourth-order valence-electron chi connectivity index (χ4n) is 1.59. The van der Waals surface area contributed by atoms with Gasteiger partial charge in [-0.2, -0.15) is 8.42 Å². The predicted molar refractivity (Wildman–Crippen MR) is 67.6 cm³/mol. The Balaban J connectivity index is 2.61. The van der Waals surface area contributed by atoms with Gasteiger partial charge >= 0.3 is 16.1 Å². The molecule has 0 amide bonds. The molecule has 7 heteroatoms. The Morgan fingerprint density at radius 1 is 1.32 bits per heavy atom. The summed E-state index contributed by atoms with van der Waals surface area (Å²) in [5.41, 5.74) is 0.351. The van der Waals surface area contributed by atoms with Crippen LogP contribution in [0.5, 0.6) is 5.75 Å². The largest absolute Gasteiger partial charge is 0.460 e. The van der Waals surface area contributed by atoms with Crippen LogP contribution < -0.4 is 4.18 Å². The Kier molecular flexibility index (Phi) is 3.48. The first-order valence-corrected chi connectivity index (χ1v) is 7.32. The summed E-state index contributed by atoms with van der Waals surface area (Å²) in [5.74, 6) is -1.16. The number of hydrogen-bond acceptors (Lipinski definition) is 6. The monoisotopic (exact) mass is 284 g/mol. The molecule has 0 spiro atoms. The molecule has 0 aliphatic rings.